The van der Waals surface area contributed by atoms with Crippen LogP contribution in [-0.4, -0.2) is 7.05 Å². The Balaban J connectivity index is 0.000000354. The molecule has 2 heteroatoms. The van der Waals surface area contributed by atoms with Crippen LogP contribution in [0.25, 0.3) is 0 Å². The van der Waals surface area contributed by atoms with Gasteiger partial charge < -0.3 is 5.32 Å². The molecule has 1 N–H and O–H groups in total. The molecule has 0 atom stereocenters. The predicted molar refractivity (Wildman–Crippen MR) is 51.9 cm³/mol. The third-order valence-corrected chi connectivity index (χ3v) is 1.13. The van der Waals surface area contributed by atoms with Crippen LogP contribution in [0.1, 0.15) is 20.3 Å². The average Bonchev–Trinajstić information content (AvgIpc) is 2.07. The van der Waals surface area contributed by atoms with Crippen LogP contribution < -0.4 is 5.32 Å². The second-order valence-corrected chi connectivity index (χ2v) is 2.46. The quantitative estimate of drug-likeness (QED) is 0.680. The summed E-state index contributed by atoms with van der Waals surface area (Å²) in [6.07, 6.45) is 1.25. The first-order valence-corrected chi connectivity index (χ1v) is 4.17. The van der Waals surface area contributed by atoms with Crippen molar-refractivity contribution in [2.75, 3.05) is 12.4 Å². The van der Waals surface area contributed by atoms with Gasteiger partial charge in [-0.15, -0.1) is 0 Å². The molecule has 0 saturated heterocycles. The van der Waals surface area contributed by atoms with Gasteiger partial charge in [-0.1, -0.05) is 20.3 Å². The molecule has 12 heavy (non-hydrogen) atoms. The highest BCUT2D eigenvalue weighted by molar-refractivity contribution is 5.41. The number of halogens is 1. The van der Waals surface area contributed by atoms with Crippen LogP contribution >= 0.6 is 0 Å². The van der Waals surface area contributed by atoms with Crippen LogP contribution in [0.15, 0.2) is 24.3 Å². The molecular weight excluding hydrogens is 153 g/mol. The lowest BCUT2D eigenvalue weighted by atomic mass is 10.3. The van der Waals surface area contributed by atoms with E-state index in [4.69, 9.17) is 0 Å². The minimum absolute atomic E-state index is 0.200. The number of nitrogens with one attached hydrogen (secondary N) is 1. The van der Waals surface area contributed by atoms with E-state index in [1.165, 1.54) is 18.6 Å². The highest BCUT2D eigenvalue weighted by Crippen LogP contribution is 2.05. The fourth-order valence-corrected chi connectivity index (χ4v) is 0.617. The smallest absolute Gasteiger partial charge is 0.123 e. The number of rotatable bonds is 1. The summed E-state index contributed by atoms with van der Waals surface area (Å²) in [5.41, 5.74) is 0.927. The Morgan fingerprint density at radius 3 is 1.92 bits per heavy atom. The molecule has 0 aliphatic carbocycles. The molecule has 68 valence electrons. The zero-order valence-corrected chi connectivity index (χ0v) is 7.89. The zero-order valence-electron chi connectivity index (χ0n) is 7.89. The van der Waals surface area contributed by atoms with Crippen LogP contribution in [0.4, 0.5) is 10.1 Å². The Hall–Kier alpha value is -1.05. The molecular formula is C10H16FN. The van der Waals surface area contributed by atoms with Gasteiger partial charge >= 0.3 is 0 Å². The molecule has 0 spiro atoms. The van der Waals surface area contributed by atoms with Gasteiger partial charge in [0.25, 0.3) is 0 Å². The third kappa shape index (κ3) is 4.72. The van der Waals surface area contributed by atoms with E-state index in [0.29, 0.717) is 0 Å². The summed E-state index contributed by atoms with van der Waals surface area (Å²) in [5.74, 6) is -0.200. The van der Waals surface area contributed by atoms with Gasteiger partial charge in [-0.05, 0) is 24.3 Å². The summed E-state index contributed by atoms with van der Waals surface area (Å²) < 4.78 is 12.2. The number of hydrogen-bond acceptors (Lipinski definition) is 1. The highest BCUT2D eigenvalue weighted by Gasteiger charge is 1.86. The van der Waals surface area contributed by atoms with E-state index in [2.05, 4.69) is 19.2 Å². The van der Waals surface area contributed by atoms with Crippen molar-refractivity contribution in [1.29, 1.82) is 0 Å². The van der Waals surface area contributed by atoms with Gasteiger partial charge in [-0.25, -0.2) is 4.39 Å². The van der Waals surface area contributed by atoms with E-state index in [9.17, 15) is 4.39 Å². The van der Waals surface area contributed by atoms with Crippen molar-refractivity contribution in [2.45, 2.75) is 20.3 Å². The number of anilines is 1. The van der Waals surface area contributed by atoms with Crippen molar-refractivity contribution in [1.82, 2.24) is 0 Å². The van der Waals surface area contributed by atoms with E-state index >= 15 is 0 Å². The lowest BCUT2D eigenvalue weighted by molar-refractivity contribution is 0.628. The van der Waals surface area contributed by atoms with Gasteiger partial charge in [-0.3, -0.25) is 0 Å². The fraction of sp³-hybridized carbons (Fsp3) is 0.400. The summed E-state index contributed by atoms with van der Waals surface area (Å²) >= 11 is 0. The largest absolute Gasteiger partial charge is 0.388 e. The number of hydrogen-bond donors (Lipinski definition) is 1. The number of benzene rings is 1. The molecule has 0 aromatic heterocycles. The van der Waals surface area contributed by atoms with Crippen LogP contribution in [0, 0.1) is 5.82 Å². The summed E-state index contributed by atoms with van der Waals surface area (Å²) in [5, 5.41) is 2.89. The molecule has 0 bridgehead atoms. The highest BCUT2D eigenvalue weighted by atomic mass is 19.1. The van der Waals surface area contributed by atoms with Crippen molar-refractivity contribution in [3.8, 4) is 0 Å². The average molecular weight is 169 g/mol. The molecule has 1 rings (SSSR count). The van der Waals surface area contributed by atoms with Crippen molar-refractivity contribution in [3.05, 3.63) is 30.1 Å². The Bertz CT molecular complexity index is 193. The molecule has 0 amide bonds. The molecule has 0 heterocycles. The second-order valence-electron chi connectivity index (χ2n) is 2.46. The Morgan fingerprint density at radius 1 is 1.17 bits per heavy atom. The summed E-state index contributed by atoms with van der Waals surface area (Å²) in [6.45, 7) is 4.25. The molecule has 1 aromatic rings. The van der Waals surface area contributed by atoms with Gasteiger partial charge in [0, 0.05) is 12.7 Å². The van der Waals surface area contributed by atoms with E-state index in [1.54, 1.807) is 19.2 Å². The van der Waals surface area contributed by atoms with Crippen LogP contribution in [-0.2, 0) is 0 Å². The molecule has 0 saturated carbocycles. The summed E-state index contributed by atoms with van der Waals surface area (Å²) in [4.78, 5) is 0. The van der Waals surface area contributed by atoms with E-state index in [-0.39, 0.29) is 5.82 Å². The SMILES string of the molecule is CCC.CNc1ccc(F)cc1. The maximum atomic E-state index is 12.2. The summed E-state index contributed by atoms with van der Waals surface area (Å²) in [7, 11) is 1.80. The van der Waals surface area contributed by atoms with E-state index in [0.717, 1.165) is 5.69 Å². The maximum absolute atomic E-state index is 12.2. The van der Waals surface area contributed by atoms with Crippen LogP contribution in [0.3, 0.4) is 0 Å². The molecule has 0 aliphatic heterocycles. The first kappa shape index (κ1) is 11.0. The second kappa shape index (κ2) is 6.65. The van der Waals surface area contributed by atoms with Gasteiger partial charge in [0.1, 0.15) is 5.82 Å². The molecule has 1 aromatic carbocycles. The molecule has 0 radical (unpaired) electrons. The minimum Gasteiger partial charge on any atom is -0.388 e. The van der Waals surface area contributed by atoms with Gasteiger partial charge in [0.2, 0.25) is 0 Å². The monoisotopic (exact) mass is 169 g/mol. The molecule has 1 nitrogen and oxygen atoms in total. The van der Waals surface area contributed by atoms with Crippen molar-refractivity contribution in [3.63, 3.8) is 0 Å². The van der Waals surface area contributed by atoms with Crippen molar-refractivity contribution in [2.24, 2.45) is 0 Å². The van der Waals surface area contributed by atoms with E-state index < -0.39 is 0 Å². The first-order valence-electron chi connectivity index (χ1n) is 4.17. The van der Waals surface area contributed by atoms with Crippen LogP contribution in [0.2, 0.25) is 0 Å². The van der Waals surface area contributed by atoms with E-state index in [1.807, 2.05) is 0 Å². The topological polar surface area (TPSA) is 12.0 Å². The maximum Gasteiger partial charge on any atom is 0.123 e. The summed E-state index contributed by atoms with van der Waals surface area (Å²) in [6, 6.07) is 6.22. The molecule has 0 aliphatic rings. The normalized spacial score (nSPS) is 8.33. The van der Waals surface area contributed by atoms with Crippen LogP contribution in [0.5, 0.6) is 0 Å². The van der Waals surface area contributed by atoms with Gasteiger partial charge in [0.15, 0.2) is 0 Å². The molecule has 0 fully saturated rings. The van der Waals surface area contributed by atoms with Crippen molar-refractivity contribution < 1.29 is 4.39 Å². The lowest BCUT2D eigenvalue weighted by Crippen LogP contribution is -1.86. The van der Waals surface area contributed by atoms with Crippen molar-refractivity contribution >= 4 is 5.69 Å². The fourth-order valence-electron chi connectivity index (χ4n) is 0.617. The van der Waals surface area contributed by atoms with Gasteiger partial charge in [0.05, 0.1) is 0 Å². The predicted octanol–water partition coefficient (Wildman–Crippen LogP) is 3.28. The third-order valence-electron chi connectivity index (χ3n) is 1.13. The standard InChI is InChI=1S/C7H8FN.C3H8/c1-9-7-4-2-6(8)3-5-7;1-3-2/h2-5,9H,1H3;3H2,1-2H3. The lowest BCUT2D eigenvalue weighted by Gasteiger charge is -1.95. The Labute approximate surface area is 73.6 Å². The Morgan fingerprint density at radius 2 is 1.58 bits per heavy atom. The minimum atomic E-state index is -0.200. The molecule has 0 unspecified atom stereocenters. The zero-order chi connectivity index (χ0) is 9.40. The van der Waals surface area contributed by atoms with Gasteiger partial charge in [-0.2, -0.15) is 0 Å². The first-order chi connectivity index (χ1) is 5.74. The Kier molecular flexibility index (Phi) is 6.07.